The highest BCUT2D eigenvalue weighted by molar-refractivity contribution is 7.98. The summed E-state index contributed by atoms with van der Waals surface area (Å²) in [6.07, 6.45) is 4.98. The standard InChI is InChI=1S/C14H19Cl2NOS/c1-17(9-5-3-4-8-15)14(18)12-10-11(19-2)6-7-13(12)16/h6-7,10H,3-5,8-9H2,1-2H3. The predicted molar refractivity (Wildman–Crippen MR) is 84.8 cm³/mol. The quantitative estimate of drug-likeness (QED) is 0.417. The molecule has 1 aromatic rings. The number of thioether (sulfide) groups is 1. The Labute approximate surface area is 129 Å². The molecule has 0 N–H and O–H groups in total. The van der Waals surface area contributed by atoms with Crippen molar-refractivity contribution >= 4 is 40.9 Å². The summed E-state index contributed by atoms with van der Waals surface area (Å²) in [7, 11) is 1.81. The van der Waals surface area contributed by atoms with Crippen LogP contribution in [0, 0.1) is 0 Å². The van der Waals surface area contributed by atoms with E-state index in [0.29, 0.717) is 16.5 Å². The Hall–Kier alpha value is -0.380. The number of hydrogen-bond donors (Lipinski definition) is 0. The third-order valence-corrected chi connectivity index (χ3v) is 4.20. The number of hydrogen-bond acceptors (Lipinski definition) is 2. The van der Waals surface area contributed by atoms with E-state index in [-0.39, 0.29) is 5.91 Å². The molecule has 0 radical (unpaired) electrons. The highest BCUT2D eigenvalue weighted by Crippen LogP contribution is 2.24. The van der Waals surface area contributed by atoms with Crippen LogP contribution < -0.4 is 0 Å². The molecule has 0 aromatic heterocycles. The van der Waals surface area contributed by atoms with Crippen molar-refractivity contribution in [1.29, 1.82) is 0 Å². The number of unbranched alkanes of at least 4 members (excludes halogenated alkanes) is 2. The van der Waals surface area contributed by atoms with Gasteiger partial charge in [0.1, 0.15) is 0 Å². The Kier molecular flexibility index (Phi) is 7.66. The zero-order chi connectivity index (χ0) is 14.3. The molecule has 2 nitrogen and oxygen atoms in total. The summed E-state index contributed by atoms with van der Waals surface area (Å²) in [4.78, 5) is 15.1. The van der Waals surface area contributed by atoms with Crippen molar-refractivity contribution < 1.29 is 4.79 Å². The van der Waals surface area contributed by atoms with Gasteiger partial charge in [-0.15, -0.1) is 23.4 Å². The van der Waals surface area contributed by atoms with E-state index in [9.17, 15) is 4.79 Å². The zero-order valence-electron chi connectivity index (χ0n) is 11.3. The van der Waals surface area contributed by atoms with Crippen molar-refractivity contribution in [2.45, 2.75) is 24.2 Å². The summed E-state index contributed by atoms with van der Waals surface area (Å²) < 4.78 is 0. The van der Waals surface area contributed by atoms with Crippen molar-refractivity contribution in [2.24, 2.45) is 0 Å². The van der Waals surface area contributed by atoms with Crippen LogP contribution in [0.3, 0.4) is 0 Å². The lowest BCUT2D eigenvalue weighted by molar-refractivity contribution is 0.0792. The molecule has 0 bridgehead atoms. The van der Waals surface area contributed by atoms with Gasteiger partial charge in [0.2, 0.25) is 0 Å². The minimum atomic E-state index is -0.0215. The van der Waals surface area contributed by atoms with Gasteiger partial charge in [0, 0.05) is 24.4 Å². The summed E-state index contributed by atoms with van der Waals surface area (Å²) in [6, 6.07) is 5.55. The highest BCUT2D eigenvalue weighted by Gasteiger charge is 2.15. The van der Waals surface area contributed by atoms with Crippen molar-refractivity contribution in [1.82, 2.24) is 4.90 Å². The van der Waals surface area contributed by atoms with Gasteiger partial charge in [-0.2, -0.15) is 0 Å². The molecule has 0 saturated carbocycles. The van der Waals surface area contributed by atoms with Gasteiger partial charge in [0.05, 0.1) is 10.6 Å². The van der Waals surface area contributed by atoms with Crippen LogP contribution in [0.15, 0.2) is 23.1 Å². The first-order valence-corrected chi connectivity index (χ1v) is 8.39. The maximum atomic E-state index is 12.3. The molecule has 106 valence electrons. The third-order valence-electron chi connectivity index (χ3n) is 2.88. The van der Waals surface area contributed by atoms with E-state index in [1.165, 1.54) is 0 Å². The third kappa shape index (κ3) is 5.25. The molecule has 0 heterocycles. The van der Waals surface area contributed by atoms with E-state index < -0.39 is 0 Å². The van der Waals surface area contributed by atoms with Crippen LogP contribution >= 0.6 is 35.0 Å². The summed E-state index contributed by atoms with van der Waals surface area (Å²) in [5.41, 5.74) is 0.577. The van der Waals surface area contributed by atoms with Crippen LogP contribution in [-0.4, -0.2) is 36.5 Å². The van der Waals surface area contributed by atoms with Gasteiger partial charge in [0.25, 0.3) is 5.91 Å². The van der Waals surface area contributed by atoms with E-state index >= 15 is 0 Å². The van der Waals surface area contributed by atoms with E-state index in [0.717, 1.165) is 30.7 Å². The van der Waals surface area contributed by atoms with Crippen molar-refractivity contribution in [3.63, 3.8) is 0 Å². The molecule has 5 heteroatoms. The van der Waals surface area contributed by atoms with Gasteiger partial charge in [-0.05, 0) is 37.3 Å². The Morgan fingerprint density at radius 2 is 2.05 bits per heavy atom. The first kappa shape index (κ1) is 16.7. The van der Waals surface area contributed by atoms with Crippen molar-refractivity contribution in [3.05, 3.63) is 28.8 Å². The topological polar surface area (TPSA) is 20.3 Å². The monoisotopic (exact) mass is 319 g/mol. The van der Waals surface area contributed by atoms with Gasteiger partial charge < -0.3 is 4.90 Å². The first-order chi connectivity index (χ1) is 9.10. The molecule has 0 saturated heterocycles. The van der Waals surface area contributed by atoms with E-state index in [2.05, 4.69) is 0 Å². The Balaban J connectivity index is 2.65. The average Bonchev–Trinajstić information content (AvgIpc) is 2.43. The number of amides is 1. The lowest BCUT2D eigenvalue weighted by atomic mass is 10.2. The van der Waals surface area contributed by atoms with E-state index in [1.54, 1.807) is 22.7 Å². The Morgan fingerprint density at radius 3 is 2.68 bits per heavy atom. The molecule has 19 heavy (non-hydrogen) atoms. The summed E-state index contributed by atoms with van der Waals surface area (Å²) in [5.74, 6) is 0.658. The van der Waals surface area contributed by atoms with E-state index in [1.807, 2.05) is 25.4 Å². The van der Waals surface area contributed by atoms with E-state index in [4.69, 9.17) is 23.2 Å². The summed E-state index contributed by atoms with van der Waals surface area (Å²) in [5, 5.41) is 0.510. The fraction of sp³-hybridized carbons (Fsp3) is 0.500. The fourth-order valence-electron chi connectivity index (χ4n) is 1.72. The lowest BCUT2D eigenvalue weighted by Gasteiger charge is -2.18. The number of nitrogens with zero attached hydrogens (tertiary/aromatic N) is 1. The number of alkyl halides is 1. The van der Waals surface area contributed by atoms with Crippen LogP contribution in [0.4, 0.5) is 0 Å². The van der Waals surface area contributed by atoms with Crippen LogP contribution in [0.1, 0.15) is 29.6 Å². The molecule has 0 unspecified atom stereocenters. The van der Waals surface area contributed by atoms with Crippen LogP contribution in [-0.2, 0) is 0 Å². The maximum absolute atomic E-state index is 12.3. The van der Waals surface area contributed by atoms with Gasteiger partial charge in [-0.3, -0.25) is 4.79 Å². The van der Waals surface area contributed by atoms with Crippen LogP contribution in [0.5, 0.6) is 0 Å². The second-order valence-corrected chi connectivity index (χ2v) is 5.99. The molecule has 0 aliphatic rings. The van der Waals surface area contributed by atoms with Crippen molar-refractivity contribution in [2.75, 3.05) is 25.7 Å². The molecule has 1 rings (SSSR count). The van der Waals surface area contributed by atoms with Gasteiger partial charge in [-0.25, -0.2) is 0 Å². The zero-order valence-corrected chi connectivity index (χ0v) is 13.6. The smallest absolute Gasteiger partial charge is 0.255 e. The van der Waals surface area contributed by atoms with Crippen LogP contribution in [0.25, 0.3) is 0 Å². The molecule has 0 fully saturated rings. The second kappa shape index (κ2) is 8.72. The number of benzene rings is 1. The minimum absolute atomic E-state index is 0.0215. The van der Waals surface area contributed by atoms with Crippen LogP contribution in [0.2, 0.25) is 5.02 Å². The molecular weight excluding hydrogens is 301 g/mol. The SMILES string of the molecule is CSc1ccc(Cl)c(C(=O)N(C)CCCCCCl)c1. The first-order valence-electron chi connectivity index (χ1n) is 6.25. The maximum Gasteiger partial charge on any atom is 0.255 e. The second-order valence-electron chi connectivity index (χ2n) is 4.32. The molecular formula is C14H19Cl2NOS. The van der Waals surface area contributed by atoms with Crippen molar-refractivity contribution in [3.8, 4) is 0 Å². The lowest BCUT2D eigenvalue weighted by Crippen LogP contribution is -2.28. The molecule has 0 spiro atoms. The summed E-state index contributed by atoms with van der Waals surface area (Å²) >= 11 is 13.3. The Morgan fingerprint density at radius 1 is 1.32 bits per heavy atom. The highest BCUT2D eigenvalue weighted by atomic mass is 35.5. The number of rotatable bonds is 7. The van der Waals surface area contributed by atoms with Gasteiger partial charge in [-0.1, -0.05) is 18.0 Å². The van der Waals surface area contributed by atoms with Gasteiger partial charge in [0.15, 0.2) is 0 Å². The molecule has 0 aliphatic carbocycles. The largest absolute Gasteiger partial charge is 0.342 e. The number of carbonyl (C=O) groups excluding carboxylic acids is 1. The minimum Gasteiger partial charge on any atom is -0.342 e. The molecule has 0 atom stereocenters. The average molecular weight is 320 g/mol. The number of halogens is 2. The summed E-state index contributed by atoms with van der Waals surface area (Å²) in [6.45, 7) is 0.732. The molecule has 0 aliphatic heterocycles. The Bertz CT molecular complexity index is 426. The molecule has 1 amide bonds. The fourth-order valence-corrected chi connectivity index (χ4v) is 2.55. The molecule has 1 aromatic carbocycles. The van der Waals surface area contributed by atoms with Gasteiger partial charge >= 0.3 is 0 Å². The number of carbonyl (C=O) groups is 1. The normalized spacial score (nSPS) is 10.5. The predicted octanol–water partition coefficient (Wildman–Crippen LogP) is 4.54.